The molecule has 0 N–H and O–H groups in total. The Hall–Kier alpha value is -0.0400. The molecule has 1 aromatic carbocycles. The maximum absolute atomic E-state index is 10.1. The monoisotopic (exact) mass is 292 g/mol. The molecule has 0 bridgehead atoms. The molecule has 0 fully saturated rings. The van der Waals surface area contributed by atoms with Crippen LogP contribution < -0.4 is 0 Å². The first kappa shape index (κ1) is 16.0. The SMILES string of the molecule is CC(=O)SCC(=O)S.Sc1ccc(S)cc1. The summed E-state index contributed by atoms with van der Waals surface area (Å²) in [5.41, 5.74) is 0. The van der Waals surface area contributed by atoms with Gasteiger partial charge in [0.2, 0.25) is 0 Å². The standard InChI is InChI=1S/C6H6S2.C4H6O2S2/c7-5-1-2-6(8)4-3-5;1-3(5)8-2-4(6)7/h1-4,7-8H;2H2,1H3,(H,6,7). The molecule has 2 nitrogen and oxygen atoms in total. The zero-order valence-electron chi connectivity index (χ0n) is 8.58. The van der Waals surface area contributed by atoms with Crippen LogP contribution in [0.25, 0.3) is 0 Å². The van der Waals surface area contributed by atoms with Crippen molar-refractivity contribution in [2.75, 3.05) is 5.75 Å². The lowest BCUT2D eigenvalue weighted by atomic mass is 10.4. The van der Waals surface area contributed by atoms with Crippen LogP contribution in [0.5, 0.6) is 0 Å². The van der Waals surface area contributed by atoms with Gasteiger partial charge >= 0.3 is 0 Å². The summed E-state index contributed by atoms with van der Waals surface area (Å²) in [7, 11) is 0. The molecule has 1 aromatic rings. The molecule has 0 heterocycles. The lowest BCUT2D eigenvalue weighted by Crippen LogP contribution is -1.92. The summed E-state index contributed by atoms with van der Waals surface area (Å²) < 4.78 is 0. The molecule has 0 radical (unpaired) electrons. The maximum atomic E-state index is 10.1. The molecule has 0 saturated heterocycles. The summed E-state index contributed by atoms with van der Waals surface area (Å²) in [6, 6.07) is 7.63. The first-order valence-electron chi connectivity index (χ1n) is 4.25. The van der Waals surface area contributed by atoms with Gasteiger partial charge in [-0.05, 0) is 24.3 Å². The molecule has 6 heteroatoms. The van der Waals surface area contributed by atoms with Gasteiger partial charge in [0.1, 0.15) is 0 Å². The lowest BCUT2D eigenvalue weighted by molar-refractivity contribution is -0.110. The zero-order chi connectivity index (χ0) is 12.6. The molecule has 1 rings (SSSR count). The van der Waals surface area contributed by atoms with E-state index in [1.54, 1.807) is 0 Å². The van der Waals surface area contributed by atoms with Gasteiger partial charge in [-0.2, -0.15) is 0 Å². The lowest BCUT2D eigenvalue weighted by Gasteiger charge is -1.88. The number of carbonyl (C=O) groups excluding carboxylic acids is 2. The number of carbonyl (C=O) groups is 2. The highest BCUT2D eigenvalue weighted by Gasteiger charge is 1.96. The second-order valence-corrected chi connectivity index (χ2v) is 5.37. The summed E-state index contributed by atoms with van der Waals surface area (Å²) in [6.07, 6.45) is 0. The Labute approximate surface area is 116 Å². The minimum atomic E-state index is -0.259. The number of hydrogen-bond donors (Lipinski definition) is 3. The average molecular weight is 292 g/mol. The minimum absolute atomic E-state index is 0.0487. The molecule has 0 unspecified atom stereocenters. The van der Waals surface area contributed by atoms with Gasteiger partial charge in [-0.1, -0.05) is 11.8 Å². The first-order chi connectivity index (χ1) is 7.41. The van der Waals surface area contributed by atoms with Gasteiger partial charge in [0.25, 0.3) is 0 Å². The van der Waals surface area contributed by atoms with Gasteiger partial charge in [-0.25, -0.2) is 0 Å². The van der Waals surface area contributed by atoms with Crippen LogP contribution in [0.3, 0.4) is 0 Å². The van der Waals surface area contributed by atoms with Crippen LogP contribution in [0.1, 0.15) is 6.92 Å². The van der Waals surface area contributed by atoms with E-state index in [0.29, 0.717) is 0 Å². The Kier molecular flexibility index (Phi) is 9.02. The zero-order valence-corrected chi connectivity index (χ0v) is 12.1. The van der Waals surface area contributed by atoms with E-state index in [4.69, 9.17) is 0 Å². The second kappa shape index (κ2) is 9.04. The number of rotatable bonds is 2. The predicted octanol–water partition coefficient (Wildman–Crippen LogP) is 2.99. The van der Waals surface area contributed by atoms with Crippen molar-refractivity contribution in [1.82, 2.24) is 0 Å². The molecular weight excluding hydrogens is 280 g/mol. The van der Waals surface area contributed by atoms with Gasteiger partial charge in [-0.3, -0.25) is 9.59 Å². The molecule has 0 spiro atoms. The summed E-state index contributed by atoms with van der Waals surface area (Å²) in [5, 5.41) is -0.308. The highest BCUT2D eigenvalue weighted by molar-refractivity contribution is 8.15. The average Bonchev–Trinajstić information content (AvgIpc) is 2.20. The molecule has 0 aromatic heterocycles. The quantitative estimate of drug-likeness (QED) is 0.733. The van der Waals surface area contributed by atoms with E-state index in [0.717, 1.165) is 21.6 Å². The Morgan fingerprint density at radius 3 is 1.69 bits per heavy atom. The van der Waals surface area contributed by atoms with Crippen LogP contribution in [0, 0.1) is 0 Å². The van der Waals surface area contributed by atoms with Crippen LogP contribution >= 0.6 is 49.6 Å². The fourth-order valence-electron chi connectivity index (χ4n) is 0.616. The molecular formula is C10H12O2S4. The maximum Gasteiger partial charge on any atom is 0.196 e. The third-order valence-corrected chi connectivity index (χ3v) is 3.03. The minimum Gasteiger partial charge on any atom is -0.288 e. The van der Waals surface area contributed by atoms with Gasteiger partial charge in [0.05, 0.1) is 5.75 Å². The Morgan fingerprint density at radius 2 is 1.50 bits per heavy atom. The van der Waals surface area contributed by atoms with E-state index < -0.39 is 0 Å². The predicted molar refractivity (Wildman–Crippen MR) is 78.1 cm³/mol. The summed E-state index contributed by atoms with van der Waals surface area (Å²) in [4.78, 5) is 22.1. The molecule has 0 atom stereocenters. The number of hydrogen-bond acceptors (Lipinski definition) is 5. The van der Waals surface area contributed by atoms with Crippen molar-refractivity contribution in [1.29, 1.82) is 0 Å². The van der Waals surface area contributed by atoms with Crippen LogP contribution in [0.15, 0.2) is 34.1 Å². The summed E-state index contributed by atoms with van der Waals surface area (Å²) in [5.74, 6) is 0.179. The molecule has 0 aliphatic heterocycles. The van der Waals surface area contributed by atoms with E-state index in [1.807, 2.05) is 24.3 Å². The van der Waals surface area contributed by atoms with Crippen molar-refractivity contribution < 1.29 is 9.59 Å². The molecule has 16 heavy (non-hydrogen) atoms. The summed E-state index contributed by atoms with van der Waals surface area (Å²) >= 11 is 12.6. The third kappa shape index (κ3) is 10.5. The molecule has 0 amide bonds. The molecule has 0 aliphatic rings. The molecule has 0 aliphatic carbocycles. The van der Waals surface area contributed by atoms with E-state index in [-0.39, 0.29) is 16.0 Å². The van der Waals surface area contributed by atoms with E-state index >= 15 is 0 Å². The van der Waals surface area contributed by atoms with Crippen LogP contribution in [-0.4, -0.2) is 16.0 Å². The van der Waals surface area contributed by atoms with E-state index in [1.165, 1.54) is 6.92 Å². The summed E-state index contributed by atoms with van der Waals surface area (Å²) in [6.45, 7) is 1.42. The van der Waals surface area contributed by atoms with E-state index in [2.05, 4.69) is 37.9 Å². The Balaban J connectivity index is 0.000000281. The smallest absolute Gasteiger partial charge is 0.196 e. The van der Waals surface area contributed by atoms with Crippen molar-refractivity contribution in [3.8, 4) is 0 Å². The third-order valence-electron chi connectivity index (χ3n) is 1.25. The topological polar surface area (TPSA) is 34.1 Å². The van der Waals surface area contributed by atoms with E-state index in [9.17, 15) is 9.59 Å². The van der Waals surface area contributed by atoms with Crippen LogP contribution in [-0.2, 0) is 9.59 Å². The van der Waals surface area contributed by atoms with Gasteiger partial charge in [-0.15, -0.1) is 37.9 Å². The second-order valence-electron chi connectivity index (χ2n) is 2.69. The van der Waals surface area contributed by atoms with Crippen molar-refractivity contribution in [2.24, 2.45) is 0 Å². The largest absolute Gasteiger partial charge is 0.288 e. The number of thiol groups is 3. The van der Waals surface area contributed by atoms with Crippen molar-refractivity contribution in [2.45, 2.75) is 16.7 Å². The first-order valence-corrected chi connectivity index (χ1v) is 6.57. The van der Waals surface area contributed by atoms with Crippen molar-refractivity contribution >= 4 is 59.9 Å². The Bertz CT molecular complexity index is 313. The van der Waals surface area contributed by atoms with Crippen molar-refractivity contribution in [3.63, 3.8) is 0 Å². The normalized spacial score (nSPS) is 9.00. The Morgan fingerprint density at radius 1 is 1.12 bits per heavy atom. The number of thioether (sulfide) groups is 1. The fourth-order valence-corrected chi connectivity index (χ4v) is 1.43. The van der Waals surface area contributed by atoms with Gasteiger partial charge in [0.15, 0.2) is 10.2 Å². The van der Waals surface area contributed by atoms with Gasteiger partial charge < -0.3 is 0 Å². The van der Waals surface area contributed by atoms with Crippen LogP contribution in [0.4, 0.5) is 0 Å². The highest BCUT2D eigenvalue weighted by atomic mass is 32.2. The highest BCUT2D eigenvalue weighted by Crippen LogP contribution is 2.09. The van der Waals surface area contributed by atoms with Crippen molar-refractivity contribution in [3.05, 3.63) is 24.3 Å². The number of benzene rings is 1. The van der Waals surface area contributed by atoms with Crippen LogP contribution in [0.2, 0.25) is 0 Å². The molecule has 88 valence electrons. The molecule has 0 saturated carbocycles. The fraction of sp³-hybridized carbons (Fsp3) is 0.200. The van der Waals surface area contributed by atoms with Gasteiger partial charge in [0, 0.05) is 16.7 Å².